The van der Waals surface area contributed by atoms with Crippen LogP contribution in [0.2, 0.25) is 0 Å². The van der Waals surface area contributed by atoms with Gasteiger partial charge in [0.1, 0.15) is 0 Å². The lowest BCUT2D eigenvalue weighted by Crippen LogP contribution is -2.34. The lowest BCUT2D eigenvalue weighted by Gasteiger charge is -2.41. The van der Waals surface area contributed by atoms with Crippen molar-refractivity contribution in [3.05, 3.63) is 18.2 Å². The van der Waals surface area contributed by atoms with Gasteiger partial charge in [-0.05, 0) is 37.6 Å². The highest BCUT2D eigenvalue weighted by Crippen LogP contribution is 2.45. The van der Waals surface area contributed by atoms with Gasteiger partial charge in [-0.15, -0.1) is 0 Å². The first kappa shape index (κ1) is 12.6. The number of imidazole rings is 1. The van der Waals surface area contributed by atoms with Gasteiger partial charge in [-0.3, -0.25) is 0 Å². The van der Waals surface area contributed by atoms with Gasteiger partial charge in [0.05, 0.1) is 12.0 Å². The van der Waals surface area contributed by atoms with Gasteiger partial charge < -0.3 is 9.88 Å². The van der Waals surface area contributed by atoms with Crippen molar-refractivity contribution in [2.45, 2.75) is 59.0 Å². The third kappa shape index (κ3) is 2.89. The Bertz CT molecular complexity index is 333. The number of nitrogens with zero attached hydrogens (tertiary/aromatic N) is 2. The van der Waals surface area contributed by atoms with Gasteiger partial charge >= 0.3 is 0 Å². The molecule has 0 amide bonds. The summed E-state index contributed by atoms with van der Waals surface area (Å²) >= 11 is 0. The molecule has 96 valence electrons. The summed E-state index contributed by atoms with van der Waals surface area (Å²) in [5.74, 6) is 0. The van der Waals surface area contributed by atoms with Crippen molar-refractivity contribution >= 4 is 0 Å². The van der Waals surface area contributed by atoms with Crippen LogP contribution in [0.25, 0.3) is 0 Å². The maximum Gasteiger partial charge on any atom is 0.0948 e. The first-order chi connectivity index (χ1) is 8.29. The highest BCUT2D eigenvalue weighted by molar-refractivity contribution is 5.00. The molecule has 0 aromatic carbocycles. The summed E-state index contributed by atoms with van der Waals surface area (Å²) in [4.78, 5) is 4.30. The molecular formula is C14H25N3. The van der Waals surface area contributed by atoms with E-state index in [0.717, 1.165) is 19.6 Å². The van der Waals surface area contributed by atoms with E-state index in [9.17, 15) is 0 Å². The number of rotatable bonds is 7. The van der Waals surface area contributed by atoms with Crippen LogP contribution in [-0.2, 0) is 13.1 Å². The van der Waals surface area contributed by atoms with Crippen LogP contribution < -0.4 is 5.32 Å². The third-order valence-electron chi connectivity index (χ3n) is 4.20. The second-order valence-corrected chi connectivity index (χ2v) is 5.40. The van der Waals surface area contributed by atoms with E-state index in [0.29, 0.717) is 5.41 Å². The monoisotopic (exact) mass is 235 g/mol. The summed E-state index contributed by atoms with van der Waals surface area (Å²) in [6.07, 6.45) is 10.7. The van der Waals surface area contributed by atoms with Crippen LogP contribution in [0, 0.1) is 5.41 Å². The smallest absolute Gasteiger partial charge is 0.0948 e. The van der Waals surface area contributed by atoms with E-state index < -0.39 is 0 Å². The molecule has 17 heavy (non-hydrogen) atoms. The van der Waals surface area contributed by atoms with Crippen LogP contribution in [0.15, 0.2) is 12.5 Å². The minimum absolute atomic E-state index is 0.570. The Balaban J connectivity index is 1.93. The molecule has 1 saturated carbocycles. The molecule has 0 bridgehead atoms. The molecule has 1 aliphatic carbocycles. The highest BCUT2D eigenvalue weighted by atomic mass is 15.1. The van der Waals surface area contributed by atoms with Crippen LogP contribution in [0.4, 0.5) is 0 Å². The van der Waals surface area contributed by atoms with E-state index in [1.807, 2.05) is 12.5 Å². The molecule has 0 atom stereocenters. The fourth-order valence-corrected chi connectivity index (χ4v) is 2.69. The van der Waals surface area contributed by atoms with Gasteiger partial charge in [0.2, 0.25) is 0 Å². The zero-order valence-electron chi connectivity index (χ0n) is 11.2. The Hall–Kier alpha value is -0.830. The van der Waals surface area contributed by atoms with Crippen LogP contribution in [0.5, 0.6) is 0 Å². The Morgan fingerprint density at radius 3 is 2.82 bits per heavy atom. The van der Waals surface area contributed by atoms with Gasteiger partial charge in [-0.1, -0.05) is 20.3 Å². The molecule has 0 spiro atoms. The molecule has 1 aromatic rings. The highest BCUT2D eigenvalue weighted by Gasteiger charge is 2.35. The van der Waals surface area contributed by atoms with E-state index >= 15 is 0 Å². The van der Waals surface area contributed by atoms with Crippen molar-refractivity contribution in [1.29, 1.82) is 0 Å². The molecular weight excluding hydrogens is 210 g/mol. The molecule has 3 heteroatoms. The van der Waals surface area contributed by atoms with E-state index in [-0.39, 0.29) is 0 Å². The molecule has 1 N–H and O–H groups in total. The zero-order chi connectivity index (χ0) is 12.1. The summed E-state index contributed by atoms with van der Waals surface area (Å²) < 4.78 is 2.35. The third-order valence-corrected chi connectivity index (χ3v) is 4.20. The van der Waals surface area contributed by atoms with E-state index in [1.54, 1.807) is 0 Å². The van der Waals surface area contributed by atoms with Gasteiger partial charge in [0, 0.05) is 19.3 Å². The second-order valence-electron chi connectivity index (χ2n) is 5.40. The largest absolute Gasteiger partial charge is 0.333 e. The van der Waals surface area contributed by atoms with Crippen molar-refractivity contribution in [3.63, 3.8) is 0 Å². The second kappa shape index (κ2) is 5.67. The van der Waals surface area contributed by atoms with Crippen molar-refractivity contribution in [3.8, 4) is 0 Å². The Morgan fingerprint density at radius 2 is 2.24 bits per heavy atom. The predicted molar refractivity (Wildman–Crippen MR) is 70.8 cm³/mol. The molecule has 1 aromatic heterocycles. The fourth-order valence-electron chi connectivity index (χ4n) is 2.69. The van der Waals surface area contributed by atoms with E-state index in [2.05, 4.69) is 28.7 Å². The fraction of sp³-hybridized carbons (Fsp3) is 0.786. The maximum absolute atomic E-state index is 4.30. The predicted octanol–water partition coefficient (Wildman–Crippen LogP) is 2.96. The van der Waals surface area contributed by atoms with Gasteiger partial charge in [-0.2, -0.15) is 0 Å². The standard InChI is InChI=1S/C14H25N3/c1-3-8-15-9-13-10-16-12-17(13)11-14(4-2)6-5-7-14/h10,12,15H,3-9,11H2,1-2H3. The lowest BCUT2D eigenvalue weighted by atomic mass is 9.67. The average Bonchev–Trinajstić information content (AvgIpc) is 2.71. The Morgan fingerprint density at radius 1 is 1.41 bits per heavy atom. The summed E-state index contributed by atoms with van der Waals surface area (Å²) in [5.41, 5.74) is 1.90. The molecule has 0 unspecified atom stereocenters. The van der Waals surface area contributed by atoms with Crippen molar-refractivity contribution in [2.24, 2.45) is 5.41 Å². The molecule has 0 aliphatic heterocycles. The first-order valence-corrected chi connectivity index (χ1v) is 6.99. The summed E-state index contributed by atoms with van der Waals surface area (Å²) in [6.45, 7) is 7.72. The lowest BCUT2D eigenvalue weighted by molar-refractivity contribution is 0.0990. The van der Waals surface area contributed by atoms with Gasteiger partial charge in [0.25, 0.3) is 0 Å². The molecule has 1 heterocycles. The summed E-state index contributed by atoms with van der Waals surface area (Å²) in [7, 11) is 0. The van der Waals surface area contributed by atoms with E-state index in [1.165, 1.54) is 37.8 Å². The average molecular weight is 235 g/mol. The number of nitrogens with one attached hydrogen (secondary N) is 1. The van der Waals surface area contributed by atoms with Crippen LogP contribution in [0.1, 0.15) is 51.6 Å². The summed E-state index contributed by atoms with van der Waals surface area (Å²) in [6, 6.07) is 0. The number of hydrogen-bond donors (Lipinski definition) is 1. The maximum atomic E-state index is 4.30. The molecule has 3 nitrogen and oxygen atoms in total. The normalized spacial score (nSPS) is 18.0. The van der Waals surface area contributed by atoms with Gasteiger partial charge in [-0.25, -0.2) is 4.98 Å². The van der Waals surface area contributed by atoms with Crippen LogP contribution in [-0.4, -0.2) is 16.1 Å². The van der Waals surface area contributed by atoms with Gasteiger partial charge in [0.15, 0.2) is 0 Å². The van der Waals surface area contributed by atoms with Crippen molar-refractivity contribution in [2.75, 3.05) is 6.54 Å². The van der Waals surface area contributed by atoms with E-state index in [4.69, 9.17) is 0 Å². The number of hydrogen-bond acceptors (Lipinski definition) is 2. The Kier molecular flexibility index (Phi) is 4.21. The number of aromatic nitrogens is 2. The minimum Gasteiger partial charge on any atom is -0.333 e. The Labute approximate surface area is 105 Å². The molecule has 1 aliphatic rings. The summed E-state index contributed by atoms with van der Waals surface area (Å²) in [5, 5.41) is 3.46. The molecule has 0 saturated heterocycles. The zero-order valence-corrected chi connectivity index (χ0v) is 11.2. The van der Waals surface area contributed by atoms with Crippen LogP contribution in [0.3, 0.4) is 0 Å². The minimum atomic E-state index is 0.570. The van der Waals surface area contributed by atoms with Crippen molar-refractivity contribution < 1.29 is 0 Å². The topological polar surface area (TPSA) is 29.9 Å². The first-order valence-electron chi connectivity index (χ1n) is 6.99. The quantitative estimate of drug-likeness (QED) is 0.736. The van der Waals surface area contributed by atoms with Crippen molar-refractivity contribution in [1.82, 2.24) is 14.9 Å². The van der Waals surface area contributed by atoms with Crippen LogP contribution >= 0.6 is 0 Å². The molecule has 1 fully saturated rings. The molecule has 2 rings (SSSR count). The SMILES string of the molecule is CCCNCc1cncn1CC1(CC)CCC1. The molecule has 0 radical (unpaired) electrons.